The first kappa shape index (κ1) is 27.2. The van der Waals surface area contributed by atoms with Crippen LogP contribution in [0, 0.1) is 0 Å². The molecule has 0 aliphatic rings. The molecule has 0 saturated heterocycles. The Morgan fingerprint density at radius 1 is 0.914 bits per heavy atom. The summed E-state index contributed by atoms with van der Waals surface area (Å²) in [5, 5.41) is 0. The Labute approximate surface area is 207 Å². The van der Waals surface area contributed by atoms with Gasteiger partial charge in [-0.05, 0) is 23.6 Å². The fourth-order valence-corrected chi connectivity index (χ4v) is 3.42. The first-order valence-electron chi connectivity index (χ1n) is 11.1. The zero-order valence-corrected chi connectivity index (χ0v) is 20.4. The molecule has 0 bridgehead atoms. The molecule has 2 unspecified atom stereocenters. The molecule has 0 aromatic heterocycles. The number of hydrogen-bond donors (Lipinski definition) is 1. The Hall–Kier alpha value is -4.03. The summed E-state index contributed by atoms with van der Waals surface area (Å²) >= 11 is 0. The number of carbonyl (C=O) groups excluding carboxylic acids is 2. The summed E-state index contributed by atoms with van der Waals surface area (Å²) in [5.74, 6) is -0.805. The normalized spacial score (nSPS) is 13.0. The molecule has 3 rings (SSSR count). The number of nitrogens with zero attached hydrogens (tertiary/aromatic N) is 1. The largest absolute Gasteiger partial charge is 0.467 e. The number of methoxy groups -OCH3 is 2. The van der Waals surface area contributed by atoms with Crippen molar-refractivity contribution in [1.82, 2.24) is 0 Å². The average Bonchev–Trinajstić information content (AvgIpc) is 2.89. The fraction of sp³-hybridized carbons (Fsp3) is 0.207. The van der Waals surface area contributed by atoms with Gasteiger partial charge in [-0.1, -0.05) is 96.6 Å². The highest BCUT2D eigenvalue weighted by atomic mass is 16.5. The van der Waals surface area contributed by atoms with Crippen LogP contribution in [0.4, 0.5) is 0 Å². The van der Waals surface area contributed by atoms with Gasteiger partial charge in [0.1, 0.15) is 5.54 Å². The molecule has 3 aromatic carbocycles. The number of aliphatic imine (C=N–C) groups is 1. The number of nitrogens with two attached hydrogens (primary N) is 1. The van der Waals surface area contributed by atoms with Gasteiger partial charge in [0.05, 0.1) is 14.2 Å². The molecule has 2 atom stereocenters. The van der Waals surface area contributed by atoms with Crippen LogP contribution in [0.2, 0.25) is 0 Å². The van der Waals surface area contributed by atoms with E-state index in [1.54, 1.807) is 6.21 Å². The van der Waals surface area contributed by atoms with Crippen molar-refractivity contribution in [2.75, 3.05) is 14.2 Å². The van der Waals surface area contributed by atoms with Gasteiger partial charge < -0.3 is 15.2 Å². The molecule has 0 aliphatic carbocycles. The first-order valence-corrected chi connectivity index (χ1v) is 11.1. The third kappa shape index (κ3) is 8.05. The van der Waals surface area contributed by atoms with Crippen LogP contribution in [0.5, 0.6) is 0 Å². The van der Waals surface area contributed by atoms with Gasteiger partial charge in [-0.15, -0.1) is 6.58 Å². The van der Waals surface area contributed by atoms with Crippen LogP contribution >= 0.6 is 0 Å². The van der Waals surface area contributed by atoms with Gasteiger partial charge in [-0.25, -0.2) is 9.59 Å². The Kier molecular flexibility index (Phi) is 10.6. The molecule has 35 heavy (non-hydrogen) atoms. The summed E-state index contributed by atoms with van der Waals surface area (Å²) in [5.41, 5.74) is 8.36. The zero-order chi connectivity index (χ0) is 25.7. The number of benzene rings is 3. The summed E-state index contributed by atoms with van der Waals surface area (Å²) in [7, 11) is 2.71. The molecule has 6 nitrogen and oxygen atoms in total. The van der Waals surface area contributed by atoms with Crippen molar-refractivity contribution in [3.63, 3.8) is 0 Å². The molecule has 0 heterocycles. The van der Waals surface area contributed by atoms with E-state index in [1.165, 1.54) is 14.2 Å². The van der Waals surface area contributed by atoms with Crippen molar-refractivity contribution in [2.45, 2.75) is 24.9 Å². The van der Waals surface area contributed by atoms with E-state index >= 15 is 0 Å². The monoisotopic (exact) mass is 472 g/mol. The van der Waals surface area contributed by atoms with Gasteiger partial charge in [0.15, 0.2) is 6.04 Å². The molecule has 0 radical (unpaired) electrons. The summed E-state index contributed by atoms with van der Waals surface area (Å²) in [6.07, 6.45) is 2.07. The number of carbonyl (C=O) groups is 2. The minimum absolute atomic E-state index is 0.363. The molecule has 6 heteroatoms. The first-order chi connectivity index (χ1) is 16.8. The quantitative estimate of drug-likeness (QED) is 0.283. The van der Waals surface area contributed by atoms with Gasteiger partial charge >= 0.3 is 11.9 Å². The summed E-state index contributed by atoms with van der Waals surface area (Å²) in [6.45, 7) is 5.64. The highest BCUT2D eigenvalue weighted by molar-refractivity contribution is 5.85. The van der Waals surface area contributed by atoms with Crippen molar-refractivity contribution < 1.29 is 19.1 Å². The van der Waals surface area contributed by atoms with Crippen LogP contribution in [0.3, 0.4) is 0 Å². The molecular formula is C29H32N2O4. The molecule has 182 valence electrons. The van der Waals surface area contributed by atoms with Crippen molar-refractivity contribution in [2.24, 2.45) is 10.7 Å². The molecular weight excluding hydrogens is 440 g/mol. The Balaban J connectivity index is 0.000000251. The Morgan fingerprint density at radius 3 is 1.91 bits per heavy atom. The Bertz CT molecular complexity index is 1120. The van der Waals surface area contributed by atoms with E-state index < -0.39 is 17.6 Å². The summed E-state index contributed by atoms with van der Waals surface area (Å²) in [4.78, 5) is 27.9. The highest BCUT2D eigenvalue weighted by Gasteiger charge is 2.36. The van der Waals surface area contributed by atoms with Crippen molar-refractivity contribution in [3.8, 4) is 0 Å². The average molecular weight is 473 g/mol. The van der Waals surface area contributed by atoms with E-state index in [1.807, 2.05) is 97.9 Å². The van der Waals surface area contributed by atoms with E-state index in [0.29, 0.717) is 6.42 Å². The minimum atomic E-state index is -1.14. The minimum Gasteiger partial charge on any atom is -0.467 e. The lowest BCUT2D eigenvalue weighted by Crippen LogP contribution is -2.45. The maximum atomic E-state index is 11.8. The van der Waals surface area contributed by atoms with Crippen LogP contribution in [0.25, 0.3) is 0 Å². The summed E-state index contributed by atoms with van der Waals surface area (Å²) < 4.78 is 9.57. The van der Waals surface area contributed by atoms with Crippen LogP contribution < -0.4 is 5.73 Å². The second kappa shape index (κ2) is 13.6. The van der Waals surface area contributed by atoms with Crippen molar-refractivity contribution in [1.29, 1.82) is 0 Å². The molecule has 0 aliphatic heterocycles. The predicted octanol–water partition coefficient (Wildman–Crippen LogP) is 5.00. The molecule has 0 spiro atoms. The van der Waals surface area contributed by atoms with Crippen molar-refractivity contribution >= 4 is 18.2 Å². The SMILES string of the molecule is C=C(C)CC(N)(C(=O)OC)c1ccccc1.COC(=O)C(N=Cc1ccccc1)c1ccccc1. The smallest absolute Gasteiger partial charge is 0.335 e. The molecule has 3 aromatic rings. The van der Waals surface area contributed by atoms with E-state index in [9.17, 15) is 9.59 Å². The number of hydrogen-bond acceptors (Lipinski definition) is 6. The molecule has 2 N–H and O–H groups in total. The van der Waals surface area contributed by atoms with Crippen LogP contribution in [-0.2, 0) is 24.6 Å². The molecule has 0 saturated carbocycles. The topological polar surface area (TPSA) is 91.0 Å². The lowest BCUT2D eigenvalue weighted by molar-refractivity contribution is -0.147. The molecule has 0 fully saturated rings. The van der Waals surface area contributed by atoms with Crippen LogP contribution in [0.1, 0.15) is 36.1 Å². The second-order valence-electron chi connectivity index (χ2n) is 7.99. The van der Waals surface area contributed by atoms with Crippen LogP contribution in [0.15, 0.2) is 108 Å². The standard InChI is InChI=1S/C16H15NO2.C13H17NO2/c1-19-16(18)15(14-10-6-3-7-11-14)17-12-13-8-4-2-5-9-13;1-10(2)9-13(14,12(15)16-3)11-7-5-4-6-8-11/h2-12,15H,1H3;4-8H,1,9,14H2,2-3H3. The number of ether oxygens (including phenoxy) is 2. The Morgan fingerprint density at radius 2 is 1.43 bits per heavy atom. The van der Waals surface area contributed by atoms with Gasteiger partial charge in [0, 0.05) is 12.6 Å². The van der Waals surface area contributed by atoms with Gasteiger partial charge in [-0.3, -0.25) is 4.99 Å². The second-order valence-corrected chi connectivity index (χ2v) is 7.99. The highest BCUT2D eigenvalue weighted by Crippen LogP contribution is 2.26. The number of esters is 2. The van der Waals surface area contributed by atoms with E-state index in [-0.39, 0.29) is 5.97 Å². The molecule has 0 amide bonds. The lowest BCUT2D eigenvalue weighted by atomic mass is 9.85. The maximum Gasteiger partial charge on any atom is 0.335 e. The van der Waals surface area contributed by atoms with E-state index in [0.717, 1.165) is 22.3 Å². The third-order valence-corrected chi connectivity index (χ3v) is 5.13. The summed E-state index contributed by atoms with van der Waals surface area (Å²) in [6, 6.07) is 27.6. The maximum absolute atomic E-state index is 11.8. The number of rotatable bonds is 8. The zero-order valence-electron chi connectivity index (χ0n) is 20.4. The van der Waals surface area contributed by atoms with Crippen molar-refractivity contribution in [3.05, 3.63) is 120 Å². The van der Waals surface area contributed by atoms with Gasteiger partial charge in [0.25, 0.3) is 0 Å². The third-order valence-electron chi connectivity index (χ3n) is 5.13. The van der Waals surface area contributed by atoms with Gasteiger partial charge in [0.2, 0.25) is 0 Å². The fourth-order valence-electron chi connectivity index (χ4n) is 3.42. The lowest BCUT2D eigenvalue weighted by Gasteiger charge is -2.27. The predicted molar refractivity (Wildman–Crippen MR) is 139 cm³/mol. The van der Waals surface area contributed by atoms with E-state index in [4.69, 9.17) is 15.2 Å². The van der Waals surface area contributed by atoms with Gasteiger partial charge in [-0.2, -0.15) is 0 Å². The van der Waals surface area contributed by atoms with Crippen LogP contribution in [-0.4, -0.2) is 32.4 Å². The van der Waals surface area contributed by atoms with E-state index in [2.05, 4.69) is 11.6 Å².